The summed E-state index contributed by atoms with van der Waals surface area (Å²) in [7, 11) is -3.56. The van der Waals surface area contributed by atoms with Gasteiger partial charge < -0.3 is 10.1 Å². The third kappa shape index (κ3) is 3.57. The average molecular weight is 404 g/mol. The SMILES string of the molecule is CCn1ccc(C(=O)NC2CCc3ccc(S(=O)(=O)N4CCOCC4)cc32)n1. The van der Waals surface area contributed by atoms with Crippen molar-refractivity contribution in [2.24, 2.45) is 0 Å². The molecule has 150 valence electrons. The predicted molar refractivity (Wildman–Crippen MR) is 102 cm³/mol. The molecule has 2 aromatic rings. The first-order valence-corrected chi connectivity index (χ1v) is 11.0. The zero-order valence-corrected chi connectivity index (χ0v) is 16.6. The molecule has 28 heavy (non-hydrogen) atoms. The van der Waals surface area contributed by atoms with Gasteiger partial charge in [-0.05, 0) is 49.1 Å². The minimum absolute atomic E-state index is 0.214. The standard InChI is InChI=1S/C19H24N4O4S/c1-2-22-8-7-18(21-22)19(24)20-17-6-4-14-3-5-15(13-16(14)17)28(25,26)23-9-11-27-12-10-23/h3,5,7-8,13,17H,2,4,6,9-12H2,1H3,(H,20,24). The zero-order valence-electron chi connectivity index (χ0n) is 15.8. The fraction of sp³-hybridized carbons (Fsp3) is 0.474. The van der Waals surface area contributed by atoms with Crippen LogP contribution < -0.4 is 5.32 Å². The maximum absolute atomic E-state index is 12.9. The van der Waals surface area contributed by atoms with Crippen LogP contribution in [0.1, 0.15) is 41.0 Å². The van der Waals surface area contributed by atoms with Gasteiger partial charge in [0.15, 0.2) is 0 Å². The lowest BCUT2D eigenvalue weighted by atomic mass is 10.1. The van der Waals surface area contributed by atoms with Gasteiger partial charge in [-0.15, -0.1) is 0 Å². The minimum Gasteiger partial charge on any atom is -0.379 e. The number of fused-ring (bicyclic) bond motifs is 1. The lowest BCUT2D eigenvalue weighted by molar-refractivity contribution is 0.0730. The van der Waals surface area contributed by atoms with Gasteiger partial charge in [0.2, 0.25) is 10.0 Å². The molecular weight excluding hydrogens is 380 g/mol. The van der Waals surface area contributed by atoms with Crippen LogP contribution in [0.15, 0.2) is 35.4 Å². The number of morpholine rings is 1. The highest BCUT2D eigenvalue weighted by atomic mass is 32.2. The van der Waals surface area contributed by atoms with Gasteiger partial charge in [0.05, 0.1) is 24.2 Å². The van der Waals surface area contributed by atoms with E-state index in [4.69, 9.17) is 4.74 Å². The lowest BCUT2D eigenvalue weighted by Gasteiger charge is -2.26. The molecule has 2 heterocycles. The monoisotopic (exact) mass is 404 g/mol. The highest BCUT2D eigenvalue weighted by molar-refractivity contribution is 7.89. The smallest absolute Gasteiger partial charge is 0.272 e. The number of benzene rings is 1. The van der Waals surface area contributed by atoms with Gasteiger partial charge in [-0.1, -0.05) is 6.07 Å². The number of hydrogen-bond acceptors (Lipinski definition) is 5. The Hall–Kier alpha value is -2.23. The quantitative estimate of drug-likeness (QED) is 0.812. The summed E-state index contributed by atoms with van der Waals surface area (Å²) >= 11 is 0. The second-order valence-electron chi connectivity index (χ2n) is 7.00. The molecule has 1 atom stereocenters. The molecule has 0 saturated carbocycles. The van der Waals surface area contributed by atoms with E-state index >= 15 is 0 Å². The molecule has 1 aliphatic heterocycles. The van der Waals surface area contributed by atoms with E-state index in [1.807, 2.05) is 13.0 Å². The fourth-order valence-corrected chi connectivity index (χ4v) is 5.16. The first-order chi connectivity index (χ1) is 13.5. The van der Waals surface area contributed by atoms with Crippen LogP contribution >= 0.6 is 0 Å². The van der Waals surface area contributed by atoms with Crippen LogP contribution in [0.25, 0.3) is 0 Å². The second-order valence-corrected chi connectivity index (χ2v) is 8.94. The maximum Gasteiger partial charge on any atom is 0.272 e. The van der Waals surface area contributed by atoms with Crippen molar-refractivity contribution in [3.05, 3.63) is 47.3 Å². The maximum atomic E-state index is 12.9. The van der Waals surface area contributed by atoms with Crippen LogP contribution in [0.3, 0.4) is 0 Å². The number of ether oxygens (including phenoxy) is 1. The molecule has 8 nitrogen and oxygen atoms in total. The van der Waals surface area contributed by atoms with E-state index in [1.165, 1.54) is 4.31 Å². The Kier molecular flexibility index (Phi) is 5.22. The average Bonchev–Trinajstić information content (AvgIpc) is 3.35. The van der Waals surface area contributed by atoms with E-state index in [0.717, 1.165) is 24.0 Å². The number of carbonyl (C=O) groups excluding carboxylic acids is 1. The Bertz CT molecular complexity index is 980. The number of aromatic nitrogens is 2. The Labute approximate surface area is 164 Å². The fourth-order valence-electron chi connectivity index (χ4n) is 3.72. The molecule has 2 aliphatic rings. The first kappa shape index (κ1) is 19.1. The predicted octanol–water partition coefficient (Wildman–Crippen LogP) is 1.34. The van der Waals surface area contributed by atoms with Gasteiger partial charge in [-0.2, -0.15) is 9.40 Å². The topological polar surface area (TPSA) is 93.5 Å². The van der Waals surface area contributed by atoms with Crippen molar-refractivity contribution in [1.29, 1.82) is 0 Å². The number of rotatable bonds is 5. The zero-order chi connectivity index (χ0) is 19.7. The number of hydrogen-bond donors (Lipinski definition) is 1. The lowest BCUT2D eigenvalue weighted by Crippen LogP contribution is -2.40. The number of nitrogens with one attached hydrogen (secondary N) is 1. The summed E-state index contributed by atoms with van der Waals surface area (Å²) in [6.07, 6.45) is 3.32. The Morgan fingerprint density at radius 2 is 2.07 bits per heavy atom. The Morgan fingerprint density at radius 3 is 2.79 bits per heavy atom. The molecule has 1 aromatic carbocycles. The van der Waals surface area contributed by atoms with Gasteiger partial charge in [-0.25, -0.2) is 8.42 Å². The van der Waals surface area contributed by atoms with E-state index in [9.17, 15) is 13.2 Å². The van der Waals surface area contributed by atoms with Crippen molar-refractivity contribution in [2.45, 2.75) is 37.2 Å². The van der Waals surface area contributed by atoms with Gasteiger partial charge in [0.25, 0.3) is 5.91 Å². The summed E-state index contributed by atoms with van der Waals surface area (Å²) in [5.74, 6) is -0.244. The van der Waals surface area contributed by atoms with E-state index in [0.29, 0.717) is 38.5 Å². The summed E-state index contributed by atoms with van der Waals surface area (Å²) in [5, 5.41) is 7.24. The van der Waals surface area contributed by atoms with Gasteiger partial charge in [-0.3, -0.25) is 9.48 Å². The molecule has 0 radical (unpaired) electrons. The van der Waals surface area contributed by atoms with Crippen molar-refractivity contribution >= 4 is 15.9 Å². The summed E-state index contributed by atoms with van der Waals surface area (Å²) in [4.78, 5) is 12.8. The van der Waals surface area contributed by atoms with Crippen molar-refractivity contribution in [1.82, 2.24) is 19.4 Å². The number of sulfonamides is 1. The van der Waals surface area contributed by atoms with Crippen LogP contribution in [-0.4, -0.2) is 54.7 Å². The second kappa shape index (κ2) is 7.65. The molecule has 1 unspecified atom stereocenters. The van der Waals surface area contributed by atoms with Crippen molar-refractivity contribution in [2.75, 3.05) is 26.3 Å². The first-order valence-electron chi connectivity index (χ1n) is 9.54. The Balaban J connectivity index is 1.55. The van der Waals surface area contributed by atoms with E-state index in [2.05, 4.69) is 10.4 Å². The molecule has 1 aliphatic carbocycles. The minimum atomic E-state index is -3.56. The number of amides is 1. The van der Waals surface area contributed by atoms with Crippen LogP contribution in [0, 0.1) is 0 Å². The Morgan fingerprint density at radius 1 is 1.29 bits per heavy atom. The van der Waals surface area contributed by atoms with Crippen molar-refractivity contribution in [3.63, 3.8) is 0 Å². The molecule has 1 aromatic heterocycles. The van der Waals surface area contributed by atoms with Crippen LogP contribution in [-0.2, 0) is 27.7 Å². The summed E-state index contributed by atoms with van der Waals surface area (Å²) < 4.78 is 34.3. The van der Waals surface area contributed by atoms with E-state index < -0.39 is 10.0 Å². The molecular formula is C19H24N4O4S. The van der Waals surface area contributed by atoms with Crippen molar-refractivity contribution in [3.8, 4) is 0 Å². The normalized spacial score (nSPS) is 20.1. The van der Waals surface area contributed by atoms with Gasteiger partial charge >= 0.3 is 0 Å². The number of aryl methyl sites for hydroxylation is 2. The van der Waals surface area contributed by atoms with E-state index in [-0.39, 0.29) is 16.8 Å². The summed E-state index contributed by atoms with van der Waals surface area (Å²) in [5.41, 5.74) is 2.32. The summed E-state index contributed by atoms with van der Waals surface area (Å²) in [6, 6.07) is 6.71. The van der Waals surface area contributed by atoms with Crippen LogP contribution in [0.2, 0.25) is 0 Å². The molecule has 1 fully saturated rings. The van der Waals surface area contributed by atoms with E-state index in [1.54, 1.807) is 29.1 Å². The highest BCUT2D eigenvalue weighted by Crippen LogP contribution is 2.33. The number of carbonyl (C=O) groups is 1. The van der Waals surface area contributed by atoms with Crippen molar-refractivity contribution < 1.29 is 17.9 Å². The molecule has 1 saturated heterocycles. The third-order valence-electron chi connectivity index (χ3n) is 5.31. The largest absolute Gasteiger partial charge is 0.379 e. The van der Waals surface area contributed by atoms with Crippen LogP contribution in [0.4, 0.5) is 0 Å². The number of nitrogens with zero attached hydrogens (tertiary/aromatic N) is 3. The molecule has 0 bridgehead atoms. The highest BCUT2D eigenvalue weighted by Gasteiger charge is 2.30. The van der Waals surface area contributed by atoms with Gasteiger partial charge in [0, 0.05) is 25.8 Å². The molecule has 1 N–H and O–H groups in total. The molecule has 0 spiro atoms. The molecule has 4 rings (SSSR count). The van der Waals surface area contributed by atoms with Gasteiger partial charge in [0.1, 0.15) is 5.69 Å². The van der Waals surface area contributed by atoms with Crippen LogP contribution in [0.5, 0.6) is 0 Å². The third-order valence-corrected chi connectivity index (χ3v) is 7.20. The molecule has 1 amide bonds. The summed E-state index contributed by atoms with van der Waals surface area (Å²) in [6.45, 7) is 4.19. The molecule has 9 heteroatoms.